The highest BCUT2D eigenvalue weighted by Crippen LogP contribution is 2.16. The summed E-state index contributed by atoms with van der Waals surface area (Å²) in [6.45, 7) is 0.237. The van der Waals surface area contributed by atoms with Gasteiger partial charge >= 0.3 is 11.9 Å². The van der Waals surface area contributed by atoms with E-state index in [2.05, 4.69) is 20.7 Å². The van der Waals surface area contributed by atoms with Crippen LogP contribution in [-0.4, -0.2) is 37.5 Å². The zero-order valence-electron chi connectivity index (χ0n) is 10.1. The molecular formula is C12H13BrFNO3. The molecule has 0 radical (unpaired) electrons. The van der Waals surface area contributed by atoms with Crippen molar-refractivity contribution in [3.05, 3.63) is 34.1 Å². The molecule has 0 saturated heterocycles. The topological polar surface area (TPSA) is 46.6 Å². The van der Waals surface area contributed by atoms with Crippen molar-refractivity contribution in [3.8, 4) is 0 Å². The summed E-state index contributed by atoms with van der Waals surface area (Å²) in [5.74, 6) is -2.00. The Morgan fingerprint density at radius 2 is 2.11 bits per heavy atom. The Bertz CT molecular complexity index is 465. The predicted octanol–water partition coefficient (Wildman–Crippen LogP) is 1.76. The molecule has 4 nitrogen and oxygen atoms in total. The molecule has 6 heteroatoms. The van der Waals surface area contributed by atoms with E-state index in [9.17, 15) is 14.0 Å². The highest BCUT2D eigenvalue weighted by Gasteiger charge is 2.19. The molecule has 0 N–H and O–H groups in total. The van der Waals surface area contributed by atoms with Crippen LogP contribution in [0, 0.1) is 5.82 Å². The normalized spacial score (nSPS) is 10.0. The lowest BCUT2D eigenvalue weighted by Crippen LogP contribution is -2.35. The van der Waals surface area contributed by atoms with Gasteiger partial charge in [-0.25, -0.2) is 9.18 Å². The summed E-state index contributed by atoms with van der Waals surface area (Å²) < 4.78 is 18.5. The summed E-state index contributed by atoms with van der Waals surface area (Å²) >= 11 is 3.25. The van der Waals surface area contributed by atoms with Crippen LogP contribution < -0.4 is 0 Å². The van der Waals surface area contributed by atoms with E-state index < -0.39 is 11.9 Å². The van der Waals surface area contributed by atoms with Gasteiger partial charge in [0.1, 0.15) is 5.82 Å². The fourth-order valence-corrected chi connectivity index (χ4v) is 1.78. The molecule has 0 aromatic heterocycles. The van der Waals surface area contributed by atoms with Crippen LogP contribution in [0.1, 0.15) is 5.56 Å². The maximum absolute atomic E-state index is 13.4. The summed E-state index contributed by atoms with van der Waals surface area (Å²) in [4.78, 5) is 23.6. The van der Waals surface area contributed by atoms with Gasteiger partial charge < -0.3 is 9.64 Å². The van der Waals surface area contributed by atoms with Crippen LogP contribution in [0.3, 0.4) is 0 Å². The average molecular weight is 318 g/mol. The van der Waals surface area contributed by atoms with E-state index in [1.807, 2.05) is 0 Å². The molecule has 0 bridgehead atoms. The fourth-order valence-electron chi connectivity index (χ4n) is 1.37. The number of nitrogens with zero attached hydrogens (tertiary/aromatic N) is 1. The number of halogens is 2. The Morgan fingerprint density at radius 3 is 2.72 bits per heavy atom. The van der Waals surface area contributed by atoms with Crippen molar-refractivity contribution in [2.45, 2.75) is 6.42 Å². The van der Waals surface area contributed by atoms with Gasteiger partial charge in [0.15, 0.2) is 0 Å². The van der Waals surface area contributed by atoms with E-state index in [4.69, 9.17) is 0 Å². The van der Waals surface area contributed by atoms with E-state index >= 15 is 0 Å². The molecule has 0 aliphatic heterocycles. The second-order valence-electron chi connectivity index (χ2n) is 3.70. The molecule has 0 aliphatic carbocycles. The molecule has 0 fully saturated rings. The van der Waals surface area contributed by atoms with Crippen molar-refractivity contribution >= 4 is 27.8 Å². The third kappa shape index (κ3) is 3.80. The molecule has 1 amide bonds. The number of benzene rings is 1. The van der Waals surface area contributed by atoms with E-state index in [1.54, 1.807) is 12.1 Å². The van der Waals surface area contributed by atoms with Crippen LogP contribution in [0.2, 0.25) is 0 Å². The minimum absolute atomic E-state index is 0.237. The van der Waals surface area contributed by atoms with Crippen molar-refractivity contribution < 1.29 is 18.7 Å². The van der Waals surface area contributed by atoms with Crippen molar-refractivity contribution in [1.29, 1.82) is 0 Å². The molecule has 0 unspecified atom stereocenters. The summed E-state index contributed by atoms with van der Waals surface area (Å²) in [5.41, 5.74) is 0.480. The lowest BCUT2D eigenvalue weighted by Gasteiger charge is -2.15. The second kappa shape index (κ2) is 6.49. The monoisotopic (exact) mass is 317 g/mol. The van der Waals surface area contributed by atoms with Gasteiger partial charge in [-0.1, -0.05) is 15.9 Å². The van der Waals surface area contributed by atoms with Gasteiger partial charge in [-0.2, -0.15) is 0 Å². The SMILES string of the molecule is COC(=O)C(=O)N(C)CCc1cc(Br)ccc1F. The highest BCUT2D eigenvalue weighted by atomic mass is 79.9. The molecule has 1 aromatic carbocycles. The van der Waals surface area contributed by atoms with Gasteiger partial charge in [-0.05, 0) is 30.2 Å². The molecule has 0 atom stereocenters. The Morgan fingerprint density at radius 1 is 1.44 bits per heavy atom. The van der Waals surface area contributed by atoms with E-state index in [-0.39, 0.29) is 12.4 Å². The van der Waals surface area contributed by atoms with Crippen LogP contribution >= 0.6 is 15.9 Å². The number of carbonyl (C=O) groups is 2. The van der Waals surface area contributed by atoms with Crippen molar-refractivity contribution in [2.75, 3.05) is 20.7 Å². The zero-order chi connectivity index (χ0) is 13.7. The Hall–Kier alpha value is -1.43. The van der Waals surface area contributed by atoms with Gasteiger partial charge in [0, 0.05) is 18.1 Å². The van der Waals surface area contributed by atoms with E-state index in [0.29, 0.717) is 12.0 Å². The first-order valence-electron chi connectivity index (χ1n) is 5.23. The van der Waals surface area contributed by atoms with E-state index in [0.717, 1.165) is 11.6 Å². The van der Waals surface area contributed by atoms with Crippen LogP contribution in [-0.2, 0) is 20.7 Å². The largest absolute Gasteiger partial charge is 0.462 e. The minimum Gasteiger partial charge on any atom is -0.462 e. The quantitative estimate of drug-likeness (QED) is 0.630. The first-order valence-corrected chi connectivity index (χ1v) is 6.02. The summed E-state index contributed by atoms with van der Waals surface area (Å²) in [7, 11) is 2.61. The Labute approximate surface area is 113 Å². The van der Waals surface area contributed by atoms with Crippen molar-refractivity contribution in [3.63, 3.8) is 0 Å². The zero-order valence-corrected chi connectivity index (χ0v) is 11.7. The minimum atomic E-state index is -0.924. The Kier molecular flexibility index (Phi) is 5.27. The Balaban J connectivity index is 2.62. The number of esters is 1. The summed E-state index contributed by atoms with van der Waals surface area (Å²) in [5, 5.41) is 0. The van der Waals surface area contributed by atoms with Gasteiger partial charge in [0.25, 0.3) is 0 Å². The molecule has 0 aliphatic rings. The lowest BCUT2D eigenvalue weighted by atomic mass is 10.1. The molecule has 1 rings (SSSR count). The highest BCUT2D eigenvalue weighted by molar-refractivity contribution is 9.10. The standard InChI is InChI=1S/C12H13BrFNO3/c1-15(11(16)12(17)18-2)6-5-8-7-9(13)3-4-10(8)14/h3-4,7H,5-6H2,1-2H3. The summed E-state index contributed by atoms with van der Waals surface area (Å²) in [6, 6.07) is 4.59. The molecule has 18 heavy (non-hydrogen) atoms. The molecule has 0 spiro atoms. The smallest absolute Gasteiger partial charge is 0.396 e. The molecule has 98 valence electrons. The third-order valence-corrected chi connectivity index (χ3v) is 2.92. The van der Waals surface area contributed by atoms with Crippen molar-refractivity contribution in [2.24, 2.45) is 0 Å². The maximum atomic E-state index is 13.4. The second-order valence-corrected chi connectivity index (χ2v) is 4.62. The molecular weight excluding hydrogens is 305 g/mol. The number of hydrogen-bond acceptors (Lipinski definition) is 3. The first-order chi connectivity index (χ1) is 8.45. The van der Waals surface area contributed by atoms with Gasteiger partial charge in [0.2, 0.25) is 0 Å². The molecule has 1 aromatic rings. The third-order valence-electron chi connectivity index (χ3n) is 2.43. The van der Waals surface area contributed by atoms with Crippen molar-refractivity contribution in [1.82, 2.24) is 4.90 Å². The number of carbonyl (C=O) groups excluding carboxylic acids is 2. The molecule has 0 saturated carbocycles. The van der Waals surface area contributed by atoms with Crippen LogP contribution in [0.15, 0.2) is 22.7 Å². The van der Waals surface area contributed by atoms with Crippen LogP contribution in [0.25, 0.3) is 0 Å². The van der Waals surface area contributed by atoms with E-state index in [1.165, 1.54) is 18.0 Å². The number of ether oxygens (including phenoxy) is 1. The molecule has 0 heterocycles. The maximum Gasteiger partial charge on any atom is 0.396 e. The fraction of sp³-hybridized carbons (Fsp3) is 0.333. The lowest BCUT2D eigenvalue weighted by molar-refractivity contribution is -0.157. The number of hydrogen-bond donors (Lipinski definition) is 0. The van der Waals surface area contributed by atoms with Gasteiger partial charge in [-0.3, -0.25) is 4.79 Å². The number of methoxy groups -OCH3 is 1. The van der Waals surface area contributed by atoms with Crippen LogP contribution in [0.4, 0.5) is 4.39 Å². The van der Waals surface area contributed by atoms with Gasteiger partial charge in [-0.15, -0.1) is 0 Å². The average Bonchev–Trinajstić information content (AvgIpc) is 2.37. The van der Waals surface area contributed by atoms with Gasteiger partial charge in [0.05, 0.1) is 7.11 Å². The predicted molar refractivity (Wildman–Crippen MR) is 67.5 cm³/mol. The number of rotatable bonds is 3. The number of likely N-dealkylation sites (N-methyl/N-ethyl adjacent to an activating group) is 1. The van der Waals surface area contributed by atoms with Crippen LogP contribution in [0.5, 0.6) is 0 Å². The first kappa shape index (κ1) is 14.6. The summed E-state index contributed by atoms with van der Waals surface area (Å²) in [6.07, 6.45) is 0.324. The number of amides is 1.